The second-order valence-electron chi connectivity index (χ2n) is 5.31. The van der Waals surface area contributed by atoms with Crippen molar-refractivity contribution in [2.75, 3.05) is 0 Å². The van der Waals surface area contributed by atoms with Crippen molar-refractivity contribution in [2.24, 2.45) is 5.41 Å². The first-order valence-electron chi connectivity index (χ1n) is 7.37. The van der Waals surface area contributed by atoms with Crippen molar-refractivity contribution < 1.29 is 39.5 Å². The van der Waals surface area contributed by atoms with Gasteiger partial charge < -0.3 is 4.89 Å². The van der Waals surface area contributed by atoms with E-state index in [0.29, 0.717) is 0 Å². The lowest BCUT2D eigenvalue weighted by atomic mass is 9.72. The van der Waals surface area contributed by atoms with Crippen LogP contribution in [0.4, 0.5) is 0 Å². The van der Waals surface area contributed by atoms with Crippen LogP contribution in [-0.2, 0) is 19.4 Å². The van der Waals surface area contributed by atoms with E-state index in [0.717, 1.165) is 0 Å². The van der Waals surface area contributed by atoms with E-state index in [-0.39, 0.29) is 11.1 Å². The lowest BCUT2D eigenvalue weighted by Crippen LogP contribution is -2.49. The van der Waals surface area contributed by atoms with Gasteiger partial charge in [-0.05, 0) is 0 Å². The van der Waals surface area contributed by atoms with Gasteiger partial charge in [0.05, 0.1) is 6.42 Å². The minimum Gasteiger partial charge on any atom is -0.301 e. The highest BCUT2D eigenvalue weighted by molar-refractivity contribution is 6.32. The van der Waals surface area contributed by atoms with E-state index < -0.39 is 35.3 Å². The lowest BCUT2D eigenvalue weighted by molar-refractivity contribution is -0.246. The third-order valence-corrected chi connectivity index (χ3v) is 3.79. The summed E-state index contributed by atoms with van der Waals surface area (Å²) in [6.07, 6.45) is -1.16. The molecule has 0 bridgehead atoms. The molecule has 2 N–H and O–H groups in total. The second-order valence-corrected chi connectivity index (χ2v) is 5.31. The van der Waals surface area contributed by atoms with Crippen LogP contribution >= 0.6 is 0 Å². The molecule has 2 aromatic carbocycles. The maximum atomic E-state index is 13.0. The fraction of sp³-hybridized carbons (Fsp3) is 0.111. The Bertz CT molecular complexity index is 762. The molecule has 0 aliphatic rings. The summed E-state index contributed by atoms with van der Waals surface area (Å²) in [7, 11) is 0. The maximum Gasteiger partial charge on any atom is 0.364 e. The van der Waals surface area contributed by atoms with E-state index >= 15 is 0 Å². The Balaban J connectivity index is 2.68. The van der Waals surface area contributed by atoms with Gasteiger partial charge in [-0.3, -0.25) is 14.5 Å². The van der Waals surface area contributed by atoms with Gasteiger partial charge in [0.25, 0.3) is 0 Å². The predicted octanol–water partition coefficient (Wildman–Crippen LogP) is 2.16. The zero-order valence-electron chi connectivity index (χ0n) is 13.3. The van der Waals surface area contributed by atoms with Gasteiger partial charge in [-0.2, -0.15) is 10.5 Å². The summed E-state index contributed by atoms with van der Waals surface area (Å²) < 4.78 is 0. The topological polar surface area (TPSA) is 127 Å². The number of carbonyl (C=O) groups is 4. The van der Waals surface area contributed by atoms with Crippen LogP contribution in [0.3, 0.4) is 0 Å². The number of benzene rings is 2. The Morgan fingerprint density at radius 1 is 0.731 bits per heavy atom. The van der Waals surface area contributed by atoms with Gasteiger partial charge in [0.1, 0.15) is 0 Å². The lowest BCUT2D eigenvalue weighted by Gasteiger charge is -2.26. The molecule has 0 aromatic heterocycles. The Labute approximate surface area is 147 Å². The minimum absolute atomic E-state index is 0.0760. The molecule has 0 heterocycles. The minimum atomic E-state index is -2.77. The Morgan fingerprint density at radius 3 is 1.50 bits per heavy atom. The van der Waals surface area contributed by atoms with Gasteiger partial charge in [0, 0.05) is 11.1 Å². The molecule has 0 saturated carbocycles. The van der Waals surface area contributed by atoms with Crippen LogP contribution in [0.15, 0.2) is 60.7 Å². The van der Waals surface area contributed by atoms with Crippen molar-refractivity contribution in [3.05, 3.63) is 71.8 Å². The van der Waals surface area contributed by atoms with Crippen LogP contribution in [0, 0.1) is 5.41 Å². The van der Waals surface area contributed by atoms with E-state index in [4.69, 9.17) is 10.5 Å². The molecule has 8 heteroatoms. The molecule has 8 nitrogen and oxygen atoms in total. The molecule has 0 radical (unpaired) electrons. The quantitative estimate of drug-likeness (QED) is 0.334. The van der Waals surface area contributed by atoms with Crippen LogP contribution in [0.1, 0.15) is 27.1 Å². The van der Waals surface area contributed by atoms with Crippen molar-refractivity contribution in [2.45, 2.75) is 6.42 Å². The average molecular weight is 358 g/mol. The van der Waals surface area contributed by atoms with Gasteiger partial charge in [-0.15, -0.1) is 0 Å². The monoisotopic (exact) mass is 358 g/mol. The predicted molar refractivity (Wildman–Crippen MR) is 86.0 cm³/mol. The molecule has 0 aliphatic heterocycles. The first kappa shape index (κ1) is 19.0. The van der Waals surface area contributed by atoms with Crippen molar-refractivity contribution in [3.8, 4) is 0 Å². The maximum absolute atomic E-state index is 13.0. The highest BCUT2D eigenvalue weighted by Crippen LogP contribution is 2.34. The van der Waals surface area contributed by atoms with Gasteiger partial charge in [-0.1, -0.05) is 60.7 Å². The molecule has 2 aromatic rings. The summed E-state index contributed by atoms with van der Waals surface area (Å²) in [5.74, 6) is -5.26. The second kappa shape index (κ2) is 8.15. The number of hydrogen-bond acceptors (Lipinski definition) is 8. The molecular formula is C18H14O8. The largest absolute Gasteiger partial charge is 0.364 e. The summed E-state index contributed by atoms with van der Waals surface area (Å²) in [5, 5.41) is 17.4. The Hall–Kier alpha value is -3.36. The van der Waals surface area contributed by atoms with Crippen LogP contribution in [0.5, 0.6) is 0 Å². The van der Waals surface area contributed by atoms with Crippen molar-refractivity contribution in [3.63, 3.8) is 0 Å². The standard InChI is InChI=1S/C18H14O8/c19-14(25-23)11-18(17(22)26-24,15(20)12-7-3-1-4-8-12)16(21)13-9-5-2-6-10-13/h1-10,23-24H,11H2. The number of carbonyl (C=O) groups excluding carboxylic acids is 4. The first-order chi connectivity index (χ1) is 12.5. The van der Waals surface area contributed by atoms with Gasteiger partial charge >= 0.3 is 11.9 Å². The third kappa shape index (κ3) is 3.51. The molecule has 26 heavy (non-hydrogen) atoms. The molecule has 2 rings (SSSR count). The van der Waals surface area contributed by atoms with E-state index in [1.165, 1.54) is 48.5 Å². The molecule has 134 valence electrons. The SMILES string of the molecule is O=C(CC(C(=O)OO)(C(=O)c1ccccc1)C(=O)c1ccccc1)OO. The molecule has 0 aliphatic carbocycles. The summed E-state index contributed by atoms with van der Waals surface area (Å²) in [6, 6.07) is 14.4. The molecule has 0 amide bonds. The van der Waals surface area contributed by atoms with E-state index in [1.807, 2.05) is 0 Å². The molecule has 0 fully saturated rings. The molecule has 0 spiro atoms. The van der Waals surface area contributed by atoms with E-state index in [9.17, 15) is 19.2 Å². The summed E-state index contributed by atoms with van der Waals surface area (Å²) in [6.45, 7) is 0. The number of hydrogen-bond donors (Lipinski definition) is 2. The number of rotatable bonds is 7. The molecular weight excluding hydrogens is 344 g/mol. The van der Waals surface area contributed by atoms with Gasteiger partial charge in [0.2, 0.25) is 5.41 Å². The molecule has 0 atom stereocenters. The summed E-state index contributed by atoms with van der Waals surface area (Å²) in [5.41, 5.74) is -2.92. The van der Waals surface area contributed by atoms with Gasteiger partial charge in [-0.25, -0.2) is 9.59 Å². The van der Waals surface area contributed by atoms with Crippen molar-refractivity contribution >= 4 is 23.5 Å². The van der Waals surface area contributed by atoms with Crippen molar-refractivity contribution in [1.82, 2.24) is 0 Å². The molecule has 0 saturated heterocycles. The third-order valence-electron chi connectivity index (χ3n) is 3.79. The Kier molecular flexibility index (Phi) is 5.94. The average Bonchev–Trinajstić information content (AvgIpc) is 2.71. The van der Waals surface area contributed by atoms with Crippen LogP contribution in [0.25, 0.3) is 0 Å². The van der Waals surface area contributed by atoms with E-state index in [2.05, 4.69) is 9.78 Å². The fourth-order valence-electron chi connectivity index (χ4n) is 2.52. The molecule has 0 unspecified atom stereocenters. The Morgan fingerprint density at radius 2 is 1.15 bits per heavy atom. The van der Waals surface area contributed by atoms with Crippen LogP contribution in [0.2, 0.25) is 0 Å². The highest BCUT2D eigenvalue weighted by atomic mass is 17.1. The normalized spacial score (nSPS) is 10.7. The fourth-order valence-corrected chi connectivity index (χ4v) is 2.52. The van der Waals surface area contributed by atoms with Crippen LogP contribution < -0.4 is 0 Å². The smallest absolute Gasteiger partial charge is 0.301 e. The zero-order chi connectivity index (χ0) is 19.2. The van der Waals surface area contributed by atoms with E-state index in [1.54, 1.807) is 12.1 Å². The van der Waals surface area contributed by atoms with Crippen LogP contribution in [-0.4, -0.2) is 34.0 Å². The number of ketones is 2. The summed E-state index contributed by atoms with van der Waals surface area (Å²) >= 11 is 0. The van der Waals surface area contributed by atoms with Crippen molar-refractivity contribution in [1.29, 1.82) is 0 Å². The number of Topliss-reactive ketones (excluding diaryl/α,β-unsaturated/α-hetero) is 2. The summed E-state index contributed by atoms with van der Waals surface area (Å²) in [4.78, 5) is 57.2. The van der Waals surface area contributed by atoms with Gasteiger partial charge in [0.15, 0.2) is 11.6 Å². The zero-order valence-corrected chi connectivity index (χ0v) is 13.3. The first-order valence-corrected chi connectivity index (χ1v) is 7.37. The highest BCUT2D eigenvalue weighted by Gasteiger charge is 2.56.